The number of guanidine groups is 1. The van der Waals surface area contributed by atoms with E-state index in [2.05, 4.69) is 60.4 Å². The first kappa shape index (κ1) is 17.5. The monoisotopic (exact) mass is 290 g/mol. The maximum absolute atomic E-state index is 4.63. The van der Waals surface area contributed by atoms with Crippen LogP contribution in [-0.2, 0) is 6.54 Å². The van der Waals surface area contributed by atoms with Crippen molar-refractivity contribution in [3.8, 4) is 0 Å². The molecule has 0 atom stereocenters. The van der Waals surface area contributed by atoms with E-state index < -0.39 is 0 Å². The molecule has 0 spiro atoms. The van der Waals surface area contributed by atoms with Crippen molar-refractivity contribution in [1.29, 1.82) is 0 Å². The molecular weight excluding hydrogens is 260 g/mol. The lowest BCUT2D eigenvalue weighted by Gasteiger charge is -2.25. The maximum Gasteiger partial charge on any atom is 0.191 e. The van der Waals surface area contributed by atoms with Gasteiger partial charge in [0.1, 0.15) is 0 Å². The second-order valence-corrected chi connectivity index (χ2v) is 5.33. The van der Waals surface area contributed by atoms with Crippen LogP contribution in [0.1, 0.15) is 33.3 Å². The maximum atomic E-state index is 4.63. The molecule has 0 unspecified atom stereocenters. The normalized spacial score (nSPS) is 12.0. The van der Waals surface area contributed by atoms with Gasteiger partial charge in [0, 0.05) is 25.7 Å². The van der Waals surface area contributed by atoms with Crippen LogP contribution < -0.4 is 10.6 Å². The van der Waals surface area contributed by atoms with Crippen molar-refractivity contribution < 1.29 is 0 Å². The minimum atomic E-state index is 0.584. The average Bonchev–Trinajstić information content (AvgIpc) is 2.49. The summed E-state index contributed by atoms with van der Waals surface area (Å²) in [7, 11) is 0. The molecular formula is C17H30N4. The van der Waals surface area contributed by atoms with Crippen LogP contribution >= 0.6 is 0 Å². The Kier molecular flexibility index (Phi) is 8.51. The van der Waals surface area contributed by atoms with Gasteiger partial charge in [-0.25, -0.2) is 4.99 Å². The van der Waals surface area contributed by atoms with E-state index in [1.807, 2.05) is 18.2 Å². The van der Waals surface area contributed by atoms with Crippen LogP contribution in [0.3, 0.4) is 0 Å². The smallest absolute Gasteiger partial charge is 0.191 e. The summed E-state index contributed by atoms with van der Waals surface area (Å²) in [5, 5.41) is 6.70. The van der Waals surface area contributed by atoms with Crippen LogP contribution in [0.4, 0.5) is 0 Å². The van der Waals surface area contributed by atoms with E-state index in [-0.39, 0.29) is 0 Å². The summed E-state index contributed by atoms with van der Waals surface area (Å²) in [6.07, 6.45) is 0. The predicted octanol–water partition coefficient (Wildman–Crippen LogP) is 2.47. The van der Waals surface area contributed by atoms with Crippen LogP contribution in [0.2, 0.25) is 0 Å². The third-order valence-electron chi connectivity index (χ3n) is 3.43. The third-order valence-corrected chi connectivity index (χ3v) is 3.43. The molecule has 0 heterocycles. The molecule has 118 valence electrons. The van der Waals surface area contributed by atoms with E-state index in [4.69, 9.17) is 0 Å². The molecule has 0 aliphatic heterocycles. The number of hydrogen-bond donors (Lipinski definition) is 2. The zero-order chi connectivity index (χ0) is 15.5. The minimum absolute atomic E-state index is 0.584. The first-order chi connectivity index (χ1) is 10.2. The third kappa shape index (κ3) is 7.14. The first-order valence-electron chi connectivity index (χ1n) is 7.97. The molecule has 2 N–H and O–H groups in total. The molecule has 0 aliphatic rings. The lowest BCUT2D eigenvalue weighted by atomic mass is 10.2. The summed E-state index contributed by atoms with van der Waals surface area (Å²) < 4.78 is 0. The van der Waals surface area contributed by atoms with Crippen molar-refractivity contribution in [3.05, 3.63) is 35.9 Å². The summed E-state index contributed by atoms with van der Waals surface area (Å²) in [5.74, 6) is 0.890. The fraction of sp³-hybridized carbons (Fsp3) is 0.588. The molecule has 0 aromatic heterocycles. The molecule has 0 bridgehead atoms. The number of aliphatic imine (C=N–C) groups is 1. The molecule has 0 aliphatic carbocycles. The number of nitrogens with one attached hydrogen (secondary N) is 2. The van der Waals surface area contributed by atoms with Gasteiger partial charge >= 0.3 is 0 Å². The van der Waals surface area contributed by atoms with Crippen molar-refractivity contribution >= 4 is 5.96 Å². The van der Waals surface area contributed by atoms with Crippen molar-refractivity contribution in [1.82, 2.24) is 15.5 Å². The highest BCUT2D eigenvalue weighted by Crippen LogP contribution is 2.00. The summed E-state index contributed by atoms with van der Waals surface area (Å²) in [6, 6.07) is 10.9. The highest BCUT2D eigenvalue weighted by Gasteiger charge is 2.06. The highest BCUT2D eigenvalue weighted by molar-refractivity contribution is 5.79. The SMILES string of the molecule is CCNC(=NCc1ccccc1)NCCN(CC)C(C)C. The van der Waals surface area contributed by atoms with Crippen LogP contribution in [0.25, 0.3) is 0 Å². The molecule has 4 nitrogen and oxygen atoms in total. The van der Waals surface area contributed by atoms with E-state index >= 15 is 0 Å². The molecule has 1 aromatic rings. The first-order valence-corrected chi connectivity index (χ1v) is 7.97. The Labute approximate surface area is 129 Å². The van der Waals surface area contributed by atoms with Crippen molar-refractivity contribution in [3.63, 3.8) is 0 Å². The van der Waals surface area contributed by atoms with Gasteiger partial charge in [-0.3, -0.25) is 4.90 Å². The van der Waals surface area contributed by atoms with Gasteiger partial charge in [0.05, 0.1) is 6.54 Å². The standard InChI is InChI=1S/C17H30N4/c1-5-18-17(19-12-13-21(6-2)15(3)4)20-14-16-10-8-7-9-11-16/h7-11,15H,5-6,12-14H2,1-4H3,(H2,18,19,20). The van der Waals surface area contributed by atoms with Crippen LogP contribution in [0.15, 0.2) is 35.3 Å². The van der Waals surface area contributed by atoms with Crippen molar-refractivity contribution in [2.24, 2.45) is 4.99 Å². The molecule has 0 radical (unpaired) electrons. The van der Waals surface area contributed by atoms with Crippen LogP contribution in [0.5, 0.6) is 0 Å². The van der Waals surface area contributed by atoms with Gasteiger partial charge in [-0.15, -0.1) is 0 Å². The summed E-state index contributed by atoms with van der Waals surface area (Å²) in [4.78, 5) is 7.07. The quantitative estimate of drug-likeness (QED) is 0.571. The van der Waals surface area contributed by atoms with Crippen LogP contribution in [-0.4, -0.2) is 43.1 Å². The largest absolute Gasteiger partial charge is 0.357 e. The van der Waals surface area contributed by atoms with Gasteiger partial charge in [-0.2, -0.15) is 0 Å². The lowest BCUT2D eigenvalue weighted by molar-refractivity contribution is 0.237. The lowest BCUT2D eigenvalue weighted by Crippen LogP contribution is -2.43. The Morgan fingerprint density at radius 1 is 1.14 bits per heavy atom. The second-order valence-electron chi connectivity index (χ2n) is 5.33. The van der Waals surface area contributed by atoms with E-state index in [0.29, 0.717) is 12.6 Å². The van der Waals surface area contributed by atoms with Gasteiger partial charge in [0.2, 0.25) is 0 Å². The molecule has 0 fully saturated rings. The molecule has 0 saturated heterocycles. The molecule has 0 saturated carbocycles. The number of benzene rings is 1. The Hall–Kier alpha value is -1.55. The Bertz CT molecular complexity index is 401. The molecule has 0 amide bonds. The molecule has 21 heavy (non-hydrogen) atoms. The fourth-order valence-corrected chi connectivity index (χ4v) is 2.19. The number of rotatable bonds is 8. The van der Waals surface area contributed by atoms with E-state index in [9.17, 15) is 0 Å². The van der Waals surface area contributed by atoms with Gasteiger partial charge in [0.25, 0.3) is 0 Å². The Morgan fingerprint density at radius 3 is 2.43 bits per heavy atom. The zero-order valence-electron chi connectivity index (χ0n) is 13.9. The molecule has 4 heteroatoms. The summed E-state index contributed by atoms with van der Waals surface area (Å²) >= 11 is 0. The average molecular weight is 290 g/mol. The predicted molar refractivity (Wildman–Crippen MR) is 91.6 cm³/mol. The van der Waals surface area contributed by atoms with E-state index in [1.54, 1.807) is 0 Å². The highest BCUT2D eigenvalue weighted by atomic mass is 15.2. The van der Waals surface area contributed by atoms with Gasteiger partial charge in [0.15, 0.2) is 5.96 Å². The Balaban J connectivity index is 2.45. The second kappa shape index (κ2) is 10.2. The fourth-order valence-electron chi connectivity index (χ4n) is 2.19. The van der Waals surface area contributed by atoms with Crippen molar-refractivity contribution in [2.75, 3.05) is 26.2 Å². The van der Waals surface area contributed by atoms with E-state index in [0.717, 1.165) is 32.1 Å². The van der Waals surface area contributed by atoms with E-state index in [1.165, 1.54) is 5.56 Å². The number of hydrogen-bond acceptors (Lipinski definition) is 2. The topological polar surface area (TPSA) is 39.7 Å². The van der Waals surface area contributed by atoms with Gasteiger partial charge in [-0.05, 0) is 32.9 Å². The van der Waals surface area contributed by atoms with Crippen LogP contribution in [0, 0.1) is 0 Å². The van der Waals surface area contributed by atoms with Crippen molar-refractivity contribution in [2.45, 2.75) is 40.3 Å². The van der Waals surface area contributed by atoms with Gasteiger partial charge < -0.3 is 10.6 Å². The zero-order valence-corrected chi connectivity index (χ0v) is 13.9. The molecule has 1 rings (SSSR count). The number of nitrogens with zero attached hydrogens (tertiary/aromatic N) is 2. The Morgan fingerprint density at radius 2 is 1.86 bits per heavy atom. The van der Waals surface area contributed by atoms with Gasteiger partial charge in [-0.1, -0.05) is 37.3 Å². The summed E-state index contributed by atoms with van der Waals surface area (Å²) in [5.41, 5.74) is 1.23. The summed E-state index contributed by atoms with van der Waals surface area (Å²) in [6.45, 7) is 13.4. The number of likely N-dealkylation sites (N-methyl/N-ethyl adjacent to an activating group) is 1. The minimum Gasteiger partial charge on any atom is -0.357 e. The molecule has 1 aromatic carbocycles.